The van der Waals surface area contributed by atoms with Crippen molar-refractivity contribution in [3.8, 4) is 5.75 Å². The van der Waals surface area contributed by atoms with Gasteiger partial charge in [0.1, 0.15) is 5.75 Å². The number of amides is 2. The maximum atomic E-state index is 13.0. The summed E-state index contributed by atoms with van der Waals surface area (Å²) in [4.78, 5) is 29.2. The molecular formula is C23H21N3O5S. The number of methoxy groups -OCH3 is 1. The van der Waals surface area contributed by atoms with E-state index < -0.39 is 10.0 Å². The molecule has 1 saturated heterocycles. The van der Waals surface area contributed by atoms with Crippen LogP contribution in [0.3, 0.4) is 0 Å². The highest BCUT2D eigenvalue weighted by Gasteiger charge is 2.33. The van der Waals surface area contributed by atoms with E-state index in [2.05, 4.69) is 9.71 Å². The average Bonchev–Trinajstić information content (AvgIpc) is 3.13. The van der Waals surface area contributed by atoms with E-state index in [1.165, 1.54) is 25.3 Å². The number of pyridine rings is 1. The summed E-state index contributed by atoms with van der Waals surface area (Å²) in [6, 6.07) is 15.0. The molecule has 9 heteroatoms. The summed E-state index contributed by atoms with van der Waals surface area (Å²) in [6.07, 6.45) is 4.33. The molecule has 164 valence electrons. The van der Waals surface area contributed by atoms with Crippen molar-refractivity contribution in [2.75, 3.05) is 16.7 Å². The molecule has 2 heterocycles. The molecule has 4 rings (SSSR count). The van der Waals surface area contributed by atoms with Crippen LogP contribution in [0.2, 0.25) is 0 Å². The van der Waals surface area contributed by atoms with Gasteiger partial charge in [0.05, 0.1) is 17.7 Å². The first-order valence-electron chi connectivity index (χ1n) is 9.92. The average molecular weight is 452 g/mol. The molecule has 0 spiro atoms. The van der Waals surface area contributed by atoms with E-state index in [4.69, 9.17) is 4.74 Å². The number of sulfonamides is 1. The van der Waals surface area contributed by atoms with Crippen molar-refractivity contribution >= 4 is 33.2 Å². The lowest BCUT2D eigenvalue weighted by Crippen LogP contribution is -2.29. The molecule has 0 radical (unpaired) electrons. The van der Waals surface area contributed by atoms with Gasteiger partial charge in [-0.25, -0.2) is 13.3 Å². The van der Waals surface area contributed by atoms with Crippen LogP contribution in [0, 0.1) is 0 Å². The number of carbonyl (C=O) groups excluding carboxylic acids is 2. The van der Waals surface area contributed by atoms with Gasteiger partial charge in [0.2, 0.25) is 11.8 Å². The summed E-state index contributed by atoms with van der Waals surface area (Å²) in [7, 11) is -2.57. The van der Waals surface area contributed by atoms with Gasteiger partial charge < -0.3 is 4.74 Å². The first-order chi connectivity index (χ1) is 15.4. The molecule has 2 amide bonds. The third-order valence-electron chi connectivity index (χ3n) is 5.12. The summed E-state index contributed by atoms with van der Waals surface area (Å²) < 4.78 is 33.7. The number of benzene rings is 2. The van der Waals surface area contributed by atoms with Crippen LogP contribution in [-0.2, 0) is 26.0 Å². The molecule has 2 aromatic carbocycles. The zero-order valence-corrected chi connectivity index (χ0v) is 18.1. The number of rotatable bonds is 7. The van der Waals surface area contributed by atoms with Gasteiger partial charge in [0.25, 0.3) is 10.0 Å². The third kappa shape index (κ3) is 4.47. The van der Waals surface area contributed by atoms with Gasteiger partial charge in [0.15, 0.2) is 0 Å². The molecule has 0 aliphatic carbocycles. The number of ether oxygens (including phenoxy) is 1. The van der Waals surface area contributed by atoms with Crippen molar-refractivity contribution in [1.29, 1.82) is 0 Å². The summed E-state index contributed by atoms with van der Waals surface area (Å²) >= 11 is 0. The molecule has 3 aromatic rings. The van der Waals surface area contributed by atoms with E-state index in [1.807, 2.05) is 24.3 Å². The zero-order valence-electron chi connectivity index (χ0n) is 17.3. The highest BCUT2D eigenvalue weighted by atomic mass is 32.2. The van der Waals surface area contributed by atoms with E-state index in [-0.39, 0.29) is 41.0 Å². The monoisotopic (exact) mass is 451 g/mol. The van der Waals surface area contributed by atoms with Gasteiger partial charge in [0, 0.05) is 30.9 Å². The number of carbonyl (C=O) groups is 2. The van der Waals surface area contributed by atoms with Crippen LogP contribution in [0.1, 0.15) is 24.0 Å². The number of aromatic nitrogens is 1. The van der Waals surface area contributed by atoms with Crippen LogP contribution in [0.5, 0.6) is 5.75 Å². The van der Waals surface area contributed by atoms with Crippen molar-refractivity contribution in [3.63, 3.8) is 0 Å². The molecular weight excluding hydrogens is 430 g/mol. The Balaban J connectivity index is 1.56. The first kappa shape index (κ1) is 21.5. The van der Waals surface area contributed by atoms with Crippen molar-refractivity contribution in [1.82, 2.24) is 4.98 Å². The normalized spacial score (nSPS) is 14.0. The van der Waals surface area contributed by atoms with Crippen molar-refractivity contribution in [2.24, 2.45) is 0 Å². The van der Waals surface area contributed by atoms with Crippen LogP contribution in [0.15, 0.2) is 71.9 Å². The number of nitrogens with one attached hydrogen (secondary N) is 1. The maximum absolute atomic E-state index is 13.0. The molecule has 0 bridgehead atoms. The number of nitrogens with zero attached hydrogens (tertiary/aromatic N) is 2. The highest BCUT2D eigenvalue weighted by molar-refractivity contribution is 7.92. The van der Waals surface area contributed by atoms with Gasteiger partial charge in [-0.05, 0) is 60.0 Å². The fourth-order valence-electron chi connectivity index (χ4n) is 3.50. The molecule has 0 saturated carbocycles. The standard InChI is InChI=1S/C23H21N3O5S/c1-31-21-7-6-19(15-20(21)26-22(27)8-9-23(26)28)32(29,30)25-18-4-2-16(3-5-18)14-17-10-12-24-13-11-17/h2-7,10-13,15,25H,8-9,14H2,1H3. The second-order valence-electron chi connectivity index (χ2n) is 7.29. The van der Waals surface area contributed by atoms with Crippen LogP contribution in [0.25, 0.3) is 0 Å². The van der Waals surface area contributed by atoms with Crippen LogP contribution in [0.4, 0.5) is 11.4 Å². The van der Waals surface area contributed by atoms with Crippen molar-refractivity contribution < 1.29 is 22.7 Å². The van der Waals surface area contributed by atoms with Crippen molar-refractivity contribution in [2.45, 2.75) is 24.2 Å². The lowest BCUT2D eigenvalue weighted by atomic mass is 10.1. The fraction of sp³-hybridized carbons (Fsp3) is 0.174. The van der Waals surface area contributed by atoms with Crippen molar-refractivity contribution in [3.05, 3.63) is 78.1 Å². The smallest absolute Gasteiger partial charge is 0.261 e. The minimum atomic E-state index is -3.96. The Kier molecular flexibility index (Phi) is 5.91. The largest absolute Gasteiger partial charge is 0.495 e. The van der Waals surface area contributed by atoms with E-state index in [0.29, 0.717) is 12.1 Å². The molecule has 1 N–H and O–H groups in total. The molecule has 0 atom stereocenters. The second kappa shape index (κ2) is 8.80. The zero-order chi connectivity index (χ0) is 22.7. The Morgan fingerprint density at radius 3 is 2.19 bits per heavy atom. The predicted octanol–water partition coefficient (Wildman–Crippen LogP) is 3.14. The van der Waals surface area contributed by atoms with Gasteiger partial charge >= 0.3 is 0 Å². The Labute approximate surface area is 185 Å². The molecule has 1 aliphatic rings. The Morgan fingerprint density at radius 2 is 1.56 bits per heavy atom. The predicted molar refractivity (Wildman–Crippen MR) is 119 cm³/mol. The molecule has 1 fully saturated rings. The van der Waals surface area contributed by atoms with Gasteiger partial charge in [-0.1, -0.05) is 12.1 Å². The third-order valence-corrected chi connectivity index (χ3v) is 6.50. The van der Waals surface area contributed by atoms with E-state index in [0.717, 1.165) is 16.0 Å². The van der Waals surface area contributed by atoms with Crippen LogP contribution < -0.4 is 14.4 Å². The molecule has 1 aliphatic heterocycles. The van der Waals surface area contributed by atoms with Gasteiger partial charge in [-0.2, -0.15) is 0 Å². The Morgan fingerprint density at radius 1 is 0.938 bits per heavy atom. The van der Waals surface area contributed by atoms with E-state index in [9.17, 15) is 18.0 Å². The fourth-order valence-corrected chi connectivity index (χ4v) is 4.58. The van der Waals surface area contributed by atoms with Gasteiger partial charge in [-0.3, -0.25) is 19.3 Å². The summed E-state index contributed by atoms with van der Waals surface area (Å²) in [6.45, 7) is 0. The van der Waals surface area contributed by atoms with E-state index >= 15 is 0 Å². The molecule has 32 heavy (non-hydrogen) atoms. The lowest BCUT2D eigenvalue weighted by molar-refractivity contribution is -0.121. The van der Waals surface area contributed by atoms with Crippen LogP contribution in [-0.4, -0.2) is 32.3 Å². The van der Waals surface area contributed by atoms with Crippen LogP contribution >= 0.6 is 0 Å². The van der Waals surface area contributed by atoms with Gasteiger partial charge in [-0.15, -0.1) is 0 Å². The quantitative estimate of drug-likeness (QED) is 0.553. The number of hydrogen-bond acceptors (Lipinski definition) is 6. The minimum Gasteiger partial charge on any atom is -0.495 e. The summed E-state index contributed by atoms with van der Waals surface area (Å²) in [5, 5.41) is 0. The Hall–Kier alpha value is -3.72. The molecule has 8 nitrogen and oxygen atoms in total. The molecule has 0 unspecified atom stereocenters. The first-order valence-corrected chi connectivity index (χ1v) is 11.4. The minimum absolute atomic E-state index is 0.0818. The SMILES string of the molecule is COc1ccc(S(=O)(=O)Nc2ccc(Cc3ccncc3)cc2)cc1N1C(=O)CCC1=O. The second-order valence-corrected chi connectivity index (χ2v) is 8.97. The highest BCUT2D eigenvalue weighted by Crippen LogP contribution is 2.34. The lowest BCUT2D eigenvalue weighted by Gasteiger charge is -2.18. The van der Waals surface area contributed by atoms with E-state index in [1.54, 1.807) is 24.5 Å². The number of imide groups is 1. The maximum Gasteiger partial charge on any atom is 0.261 e. The number of hydrogen-bond donors (Lipinski definition) is 1. The Bertz CT molecular complexity index is 1240. The summed E-state index contributed by atoms with van der Waals surface area (Å²) in [5.74, 6) is -0.533. The molecule has 1 aromatic heterocycles. The summed E-state index contributed by atoms with van der Waals surface area (Å²) in [5.41, 5.74) is 2.65. The number of anilines is 2. The topological polar surface area (TPSA) is 106 Å².